The molecule has 1 unspecified atom stereocenters. The van der Waals surface area contributed by atoms with Gasteiger partial charge in [-0.05, 0) is 18.5 Å². The Bertz CT molecular complexity index is 552. The Morgan fingerprint density at radius 2 is 2.26 bits per heavy atom. The number of benzene rings is 1. The van der Waals surface area contributed by atoms with E-state index in [0.717, 1.165) is 12.1 Å². The van der Waals surface area contributed by atoms with Gasteiger partial charge in [0, 0.05) is 13.0 Å². The lowest BCUT2D eigenvalue weighted by Gasteiger charge is -2.18. The minimum Gasteiger partial charge on any atom is -0.330 e. The molecule has 2 rings (SSSR count). The zero-order valence-electron chi connectivity index (χ0n) is 9.81. The predicted octanol–water partition coefficient (Wildman–Crippen LogP) is 1.70. The van der Waals surface area contributed by atoms with Crippen LogP contribution in [0, 0.1) is 21.8 Å². The molecule has 1 aromatic rings. The van der Waals surface area contributed by atoms with Gasteiger partial charge in [0.15, 0.2) is 0 Å². The molecule has 1 fully saturated rings. The normalized spacial score (nSPS) is 19.0. The number of hydrogen-bond donors (Lipinski definition) is 1. The van der Waals surface area contributed by atoms with Gasteiger partial charge in [0.1, 0.15) is 11.5 Å². The van der Waals surface area contributed by atoms with Crippen LogP contribution in [-0.4, -0.2) is 23.9 Å². The number of rotatable bonds is 3. The molecule has 0 radical (unpaired) electrons. The predicted molar refractivity (Wildman–Crippen MR) is 67.6 cm³/mol. The van der Waals surface area contributed by atoms with E-state index in [1.807, 2.05) is 0 Å². The van der Waals surface area contributed by atoms with E-state index in [2.05, 4.69) is 0 Å². The first kappa shape index (κ1) is 13.7. The highest BCUT2D eigenvalue weighted by atomic mass is 35.5. The third-order valence-electron chi connectivity index (χ3n) is 3.01. The average Bonchev–Trinajstić information content (AvgIpc) is 2.69. The smallest absolute Gasteiger partial charge is 0.297 e. The van der Waals surface area contributed by atoms with Crippen LogP contribution < -0.4 is 10.6 Å². The summed E-state index contributed by atoms with van der Waals surface area (Å²) in [7, 11) is 0. The van der Waals surface area contributed by atoms with Crippen molar-refractivity contribution >= 4 is 28.9 Å². The van der Waals surface area contributed by atoms with Crippen molar-refractivity contribution in [3.05, 3.63) is 33.1 Å². The van der Waals surface area contributed by atoms with Crippen LogP contribution in [0.15, 0.2) is 12.1 Å². The number of amides is 1. The Morgan fingerprint density at radius 3 is 2.79 bits per heavy atom. The lowest BCUT2D eigenvalue weighted by Crippen LogP contribution is -2.27. The molecule has 102 valence electrons. The quantitative estimate of drug-likeness (QED) is 0.677. The molecule has 8 heteroatoms. The maximum Gasteiger partial charge on any atom is 0.297 e. The monoisotopic (exact) mass is 287 g/mol. The molecule has 0 spiro atoms. The molecule has 1 aliphatic heterocycles. The van der Waals surface area contributed by atoms with E-state index >= 15 is 0 Å². The van der Waals surface area contributed by atoms with Crippen LogP contribution in [0.2, 0.25) is 5.02 Å². The molecule has 1 amide bonds. The first-order valence-corrected chi connectivity index (χ1v) is 5.95. The van der Waals surface area contributed by atoms with Crippen LogP contribution in [0.25, 0.3) is 0 Å². The van der Waals surface area contributed by atoms with E-state index in [0.29, 0.717) is 6.54 Å². The first-order chi connectivity index (χ1) is 8.93. The molecule has 0 aliphatic carbocycles. The van der Waals surface area contributed by atoms with Crippen LogP contribution >= 0.6 is 11.6 Å². The highest BCUT2D eigenvalue weighted by Gasteiger charge is 2.35. The summed E-state index contributed by atoms with van der Waals surface area (Å²) in [5.41, 5.74) is 4.91. The Labute approximate surface area is 113 Å². The lowest BCUT2D eigenvalue weighted by atomic mass is 10.1. The van der Waals surface area contributed by atoms with Crippen LogP contribution in [0.5, 0.6) is 0 Å². The van der Waals surface area contributed by atoms with Crippen LogP contribution in [0.1, 0.15) is 6.42 Å². The molecular formula is C11H11ClFN3O3. The lowest BCUT2D eigenvalue weighted by molar-refractivity contribution is -0.384. The maximum atomic E-state index is 13.2. The second kappa shape index (κ2) is 5.10. The van der Waals surface area contributed by atoms with Crippen LogP contribution in [0.3, 0.4) is 0 Å². The third kappa shape index (κ3) is 2.52. The number of carbonyl (C=O) groups is 1. The van der Waals surface area contributed by atoms with Crippen molar-refractivity contribution < 1.29 is 14.1 Å². The standard InChI is InChI=1S/C11H11ClFN3O3/c12-8-2-7(13)3-9(16(18)19)11(8)15-5-6(4-14)1-10(15)17/h2-3,6H,1,4-5,14H2. The minimum atomic E-state index is -0.817. The largest absolute Gasteiger partial charge is 0.330 e. The summed E-state index contributed by atoms with van der Waals surface area (Å²) >= 11 is 5.85. The van der Waals surface area contributed by atoms with Crippen molar-refractivity contribution in [2.75, 3.05) is 18.0 Å². The molecule has 1 saturated heterocycles. The first-order valence-electron chi connectivity index (χ1n) is 5.58. The number of anilines is 1. The van der Waals surface area contributed by atoms with Gasteiger partial charge in [-0.1, -0.05) is 11.6 Å². The molecule has 1 atom stereocenters. The van der Waals surface area contributed by atoms with Crippen molar-refractivity contribution in [3.63, 3.8) is 0 Å². The molecule has 6 nitrogen and oxygen atoms in total. The fourth-order valence-corrected chi connectivity index (χ4v) is 2.42. The summed E-state index contributed by atoms with van der Waals surface area (Å²) in [5, 5.41) is 10.8. The van der Waals surface area contributed by atoms with Gasteiger partial charge in [0.2, 0.25) is 5.91 Å². The molecule has 0 bridgehead atoms. The molecule has 1 aliphatic rings. The number of nitrogens with two attached hydrogens (primary N) is 1. The van der Waals surface area contributed by atoms with E-state index < -0.39 is 16.4 Å². The number of hydrogen-bond acceptors (Lipinski definition) is 4. The van der Waals surface area contributed by atoms with Gasteiger partial charge in [-0.2, -0.15) is 0 Å². The summed E-state index contributed by atoms with van der Waals surface area (Å²) in [6, 6.07) is 1.71. The van der Waals surface area contributed by atoms with Gasteiger partial charge in [-0.25, -0.2) is 4.39 Å². The van der Waals surface area contributed by atoms with Gasteiger partial charge in [-0.15, -0.1) is 0 Å². The average molecular weight is 288 g/mol. The van der Waals surface area contributed by atoms with E-state index in [1.165, 1.54) is 4.90 Å². The number of nitrogens with zero attached hydrogens (tertiary/aromatic N) is 2. The SMILES string of the molecule is NCC1CC(=O)N(c2c(Cl)cc(F)cc2[N+](=O)[O-])C1. The van der Waals surface area contributed by atoms with E-state index in [1.54, 1.807) is 0 Å². The Balaban J connectivity index is 2.50. The number of nitro benzene ring substituents is 1. The highest BCUT2D eigenvalue weighted by Crippen LogP contribution is 2.39. The highest BCUT2D eigenvalue weighted by molar-refractivity contribution is 6.34. The summed E-state index contributed by atoms with van der Waals surface area (Å²) < 4.78 is 13.2. The zero-order valence-corrected chi connectivity index (χ0v) is 10.6. The van der Waals surface area contributed by atoms with E-state index in [-0.39, 0.29) is 35.5 Å². The summed E-state index contributed by atoms with van der Waals surface area (Å²) in [6.07, 6.45) is 0.210. The summed E-state index contributed by atoms with van der Waals surface area (Å²) in [5.74, 6) is -1.19. The molecule has 1 aromatic carbocycles. The maximum absolute atomic E-state index is 13.2. The van der Waals surface area contributed by atoms with Gasteiger partial charge in [0.05, 0.1) is 16.0 Å². The third-order valence-corrected chi connectivity index (χ3v) is 3.30. The van der Waals surface area contributed by atoms with Gasteiger partial charge < -0.3 is 10.6 Å². The Morgan fingerprint density at radius 1 is 1.58 bits per heavy atom. The van der Waals surface area contributed by atoms with Crippen molar-refractivity contribution in [2.24, 2.45) is 11.7 Å². The van der Waals surface area contributed by atoms with Crippen molar-refractivity contribution in [1.29, 1.82) is 0 Å². The molecular weight excluding hydrogens is 277 g/mol. The molecule has 0 saturated carbocycles. The zero-order chi connectivity index (χ0) is 14.2. The second-order valence-electron chi connectivity index (χ2n) is 4.32. The molecule has 1 heterocycles. The molecule has 2 N–H and O–H groups in total. The van der Waals surface area contributed by atoms with Crippen molar-refractivity contribution in [1.82, 2.24) is 0 Å². The molecule has 0 aromatic heterocycles. The number of carbonyl (C=O) groups excluding carboxylic acids is 1. The fourth-order valence-electron chi connectivity index (χ4n) is 2.11. The topological polar surface area (TPSA) is 89.5 Å². The Kier molecular flexibility index (Phi) is 3.68. The number of nitro groups is 1. The van der Waals surface area contributed by atoms with Gasteiger partial charge in [0.25, 0.3) is 5.69 Å². The van der Waals surface area contributed by atoms with Gasteiger partial charge in [-0.3, -0.25) is 14.9 Å². The molecule has 19 heavy (non-hydrogen) atoms. The minimum absolute atomic E-state index is 0.0611. The summed E-state index contributed by atoms with van der Waals surface area (Å²) in [4.78, 5) is 23.3. The van der Waals surface area contributed by atoms with Crippen LogP contribution in [0.4, 0.5) is 15.8 Å². The van der Waals surface area contributed by atoms with E-state index in [4.69, 9.17) is 17.3 Å². The van der Waals surface area contributed by atoms with Crippen LogP contribution in [-0.2, 0) is 4.79 Å². The number of halogens is 2. The van der Waals surface area contributed by atoms with Gasteiger partial charge >= 0.3 is 0 Å². The van der Waals surface area contributed by atoms with E-state index in [9.17, 15) is 19.3 Å². The van der Waals surface area contributed by atoms with Crippen molar-refractivity contribution in [3.8, 4) is 0 Å². The van der Waals surface area contributed by atoms with Crippen molar-refractivity contribution in [2.45, 2.75) is 6.42 Å². The fraction of sp³-hybridized carbons (Fsp3) is 0.364. The Hall–Kier alpha value is -1.73. The summed E-state index contributed by atoms with van der Waals surface area (Å²) in [6.45, 7) is 0.552. The second-order valence-corrected chi connectivity index (χ2v) is 4.73.